The molecule has 0 aromatic rings. The van der Waals surface area contributed by atoms with Crippen LogP contribution >= 0.6 is 7.82 Å². The number of rotatable bonds is 15. The van der Waals surface area contributed by atoms with Crippen molar-refractivity contribution in [1.82, 2.24) is 0 Å². The molecule has 0 saturated heterocycles. The van der Waals surface area contributed by atoms with Gasteiger partial charge in [-0.25, -0.2) is 9.45 Å². The van der Waals surface area contributed by atoms with Crippen molar-refractivity contribution in [3.05, 3.63) is 12.8 Å². The lowest BCUT2D eigenvalue weighted by atomic mass is 10.1. The van der Waals surface area contributed by atoms with Gasteiger partial charge in [0.2, 0.25) is 0 Å². The number of unbranched alkanes of at least 4 members (excludes halogenated alkanes) is 9. The van der Waals surface area contributed by atoms with Crippen molar-refractivity contribution in [2.75, 3.05) is 6.61 Å². The third-order valence-corrected chi connectivity index (χ3v) is 2.76. The van der Waals surface area contributed by atoms with Crippen LogP contribution in [-0.4, -0.2) is 21.3 Å². The van der Waals surface area contributed by atoms with Crippen molar-refractivity contribution >= 4 is 7.82 Å². The fourth-order valence-electron chi connectivity index (χ4n) is 1.75. The molecule has 0 amide bonds. The highest BCUT2D eigenvalue weighted by Gasteiger charge is 2.00. The molecule has 23 heavy (non-hydrogen) atoms. The molecule has 140 valence electrons. The normalized spacial score (nSPS) is 10.8. The van der Waals surface area contributed by atoms with E-state index < -0.39 is 7.82 Å². The summed E-state index contributed by atoms with van der Waals surface area (Å²) in [5, 5.41) is 8.40. The Morgan fingerprint density at radius 2 is 1.30 bits per heavy atom. The van der Waals surface area contributed by atoms with Gasteiger partial charge in [0.15, 0.2) is 0 Å². The van der Waals surface area contributed by atoms with Crippen LogP contribution in [0.1, 0.15) is 71.1 Å². The summed E-state index contributed by atoms with van der Waals surface area (Å²) in [7, 11) is -4.64. The van der Waals surface area contributed by atoms with E-state index in [0.717, 1.165) is 12.7 Å². The zero-order valence-electron chi connectivity index (χ0n) is 13.9. The Labute approximate surface area is 138 Å². The molecule has 0 radical (unpaired) electrons. The number of hydrogen-bond acceptors (Lipinski definition) is 5. The fourth-order valence-corrected chi connectivity index (χ4v) is 1.75. The molecule has 0 aliphatic heterocycles. The molecule has 8 nitrogen and oxygen atoms in total. The average molecular weight is 358 g/mol. The van der Waals surface area contributed by atoms with E-state index in [-0.39, 0.29) is 0 Å². The largest absolute Gasteiger partial charge is 0.466 e. The summed E-state index contributed by atoms with van der Waals surface area (Å²) in [6.07, 6.45) is 14.1. The van der Waals surface area contributed by atoms with Gasteiger partial charge < -0.3 is 19.6 Å². The molecule has 9 heteroatoms. The van der Waals surface area contributed by atoms with E-state index in [0.29, 0.717) is 6.61 Å². The van der Waals surface area contributed by atoms with Crippen LogP contribution in [0.3, 0.4) is 0 Å². The van der Waals surface area contributed by atoms with Crippen LogP contribution in [-0.2, 0) is 24.4 Å². The van der Waals surface area contributed by atoms with Crippen LogP contribution < -0.4 is 0 Å². The molecule has 3 N–H and O–H groups in total. The predicted octanol–water partition coefficient (Wildman–Crippen LogP) is 3.93. The second-order valence-corrected chi connectivity index (χ2v) is 5.94. The van der Waals surface area contributed by atoms with Crippen LogP contribution in [0.15, 0.2) is 12.8 Å². The Hall–Kier alpha value is -0.470. The first-order chi connectivity index (χ1) is 10.9. The van der Waals surface area contributed by atoms with Gasteiger partial charge in [-0.05, 0) is 11.5 Å². The zero-order valence-corrected chi connectivity index (χ0v) is 14.8. The van der Waals surface area contributed by atoms with E-state index in [9.17, 15) is 0 Å². The maximum atomic E-state index is 8.88. The monoisotopic (exact) mass is 358 g/mol. The molecule has 0 rings (SSSR count). The Bertz CT molecular complexity index is 274. The topological polar surface area (TPSA) is 115 Å². The highest BCUT2D eigenvalue weighted by Crippen LogP contribution is 2.25. The standard InChI is InChI=1S/C14H28O4.H3O4P/c1-3-5-6-7-8-9-10-11-12-13-14-16-18-17-15-4-2;1-5(2,3)4/h4H,2-3,5-14H2,1H3;(H3,1,2,3,4). The van der Waals surface area contributed by atoms with Crippen molar-refractivity contribution in [3.8, 4) is 0 Å². The first kappa shape index (κ1) is 24.8. The average Bonchev–Trinajstić information content (AvgIpc) is 2.46. The summed E-state index contributed by atoms with van der Waals surface area (Å²) in [6.45, 7) is 6.05. The molecular weight excluding hydrogens is 327 g/mol. The first-order valence-corrected chi connectivity index (χ1v) is 9.49. The van der Waals surface area contributed by atoms with Crippen molar-refractivity contribution < 1.29 is 39.1 Å². The third-order valence-electron chi connectivity index (χ3n) is 2.76. The highest BCUT2D eigenvalue weighted by molar-refractivity contribution is 7.45. The van der Waals surface area contributed by atoms with Crippen LogP contribution in [0.4, 0.5) is 0 Å². The van der Waals surface area contributed by atoms with E-state index in [1.165, 1.54) is 57.8 Å². The van der Waals surface area contributed by atoms with E-state index in [2.05, 4.69) is 28.5 Å². The molecule has 0 aromatic heterocycles. The molecule has 0 aliphatic rings. The molecule has 0 aromatic carbocycles. The van der Waals surface area contributed by atoms with Gasteiger partial charge in [-0.3, -0.25) is 0 Å². The number of phosphoric acid groups is 1. The summed E-state index contributed by atoms with van der Waals surface area (Å²) in [5.41, 5.74) is 0. The second kappa shape index (κ2) is 19.6. The lowest BCUT2D eigenvalue weighted by Crippen LogP contribution is -1.97. The third kappa shape index (κ3) is 38.9. The smallest absolute Gasteiger partial charge is 0.315 e. The van der Waals surface area contributed by atoms with Crippen molar-refractivity contribution in [2.24, 2.45) is 0 Å². The van der Waals surface area contributed by atoms with Gasteiger partial charge in [0.25, 0.3) is 0 Å². The van der Waals surface area contributed by atoms with Gasteiger partial charge in [-0.15, -0.1) is 0 Å². The molecule has 0 aliphatic carbocycles. The quantitative estimate of drug-likeness (QED) is 0.133. The van der Waals surface area contributed by atoms with Crippen LogP contribution in [0.25, 0.3) is 0 Å². The van der Waals surface area contributed by atoms with Gasteiger partial charge >= 0.3 is 7.82 Å². The Balaban J connectivity index is 0. The minimum absolute atomic E-state index is 0.525. The first-order valence-electron chi connectivity index (χ1n) is 7.92. The Morgan fingerprint density at radius 1 is 0.870 bits per heavy atom. The lowest BCUT2D eigenvalue weighted by Gasteiger charge is -2.02. The fraction of sp³-hybridized carbons (Fsp3) is 0.857. The predicted molar refractivity (Wildman–Crippen MR) is 85.5 cm³/mol. The summed E-state index contributed by atoms with van der Waals surface area (Å²) in [6, 6.07) is 0. The van der Waals surface area contributed by atoms with Crippen LogP contribution in [0.5, 0.6) is 0 Å². The van der Waals surface area contributed by atoms with Crippen molar-refractivity contribution in [2.45, 2.75) is 71.1 Å². The van der Waals surface area contributed by atoms with Crippen molar-refractivity contribution in [1.29, 1.82) is 0 Å². The summed E-state index contributed by atoms with van der Waals surface area (Å²) < 4.78 is 8.88. The van der Waals surface area contributed by atoms with Crippen LogP contribution in [0.2, 0.25) is 0 Å². The minimum atomic E-state index is -4.64. The van der Waals surface area contributed by atoms with E-state index in [1.807, 2.05) is 0 Å². The van der Waals surface area contributed by atoms with Gasteiger partial charge in [-0.1, -0.05) is 71.3 Å². The van der Waals surface area contributed by atoms with Gasteiger partial charge in [0.1, 0.15) is 6.26 Å². The van der Waals surface area contributed by atoms with E-state index in [1.54, 1.807) is 0 Å². The molecule has 0 atom stereocenters. The molecule has 0 bridgehead atoms. The lowest BCUT2D eigenvalue weighted by molar-refractivity contribution is -0.621. The van der Waals surface area contributed by atoms with Crippen molar-refractivity contribution in [3.63, 3.8) is 0 Å². The maximum absolute atomic E-state index is 8.88. The minimum Gasteiger partial charge on any atom is -0.315 e. The second-order valence-electron chi connectivity index (χ2n) is 4.92. The molecule has 0 saturated carbocycles. The van der Waals surface area contributed by atoms with Gasteiger partial charge in [0.05, 0.1) is 6.61 Å². The molecule has 0 unspecified atom stereocenters. The van der Waals surface area contributed by atoms with Crippen LogP contribution in [0, 0.1) is 0 Å². The summed E-state index contributed by atoms with van der Waals surface area (Å²) >= 11 is 0. The summed E-state index contributed by atoms with van der Waals surface area (Å²) in [4.78, 5) is 30.5. The van der Waals surface area contributed by atoms with Gasteiger partial charge in [0, 0.05) is 5.04 Å². The Morgan fingerprint density at radius 3 is 1.74 bits per heavy atom. The molecular formula is C14H31O8P. The van der Waals surface area contributed by atoms with Gasteiger partial charge in [-0.2, -0.15) is 0 Å². The Kier molecular flexibility index (Phi) is 21.1. The maximum Gasteiger partial charge on any atom is 0.466 e. The molecule has 0 heterocycles. The number of hydrogen-bond donors (Lipinski definition) is 3. The molecule has 0 fully saturated rings. The SMILES string of the molecule is C=COOOOCCCCCCCCCCCC.O=P(O)(O)O. The molecule has 0 spiro atoms. The summed E-state index contributed by atoms with van der Waals surface area (Å²) in [5.74, 6) is 0. The zero-order chi connectivity index (χ0) is 17.8. The van der Waals surface area contributed by atoms with E-state index in [4.69, 9.17) is 24.1 Å². The highest BCUT2D eigenvalue weighted by atomic mass is 31.2. The van der Waals surface area contributed by atoms with E-state index >= 15 is 0 Å².